The molecule has 0 aromatic heterocycles. The highest BCUT2D eigenvalue weighted by atomic mass is 28.4. The van der Waals surface area contributed by atoms with E-state index in [1.54, 1.807) is 13.0 Å². The second-order valence-electron chi connectivity index (χ2n) is 8.94. The number of hydrogen-bond acceptors (Lipinski definition) is 3. The van der Waals surface area contributed by atoms with Gasteiger partial charge in [0, 0.05) is 5.57 Å². The molecule has 0 N–H and O–H groups in total. The van der Waals surface area contributed by atoms with Crippen LogP contribution >= 0.6 is 0 Å². The normalized spacial score (nSPS) is 13.7. The summed E-state index contributed by atoms with van der Waals surface area (Å²) in [6.07, 6.45) is 3.31. The minimum atomic E-state index is -1.96. The first-order valence-electron chi connectivity index (χ1n) is 10.0. The molecule has 1 amide bonds. The number of hydrogen-bond donors (Lipinski definition) is 0. The van der Waals surface area contributed by atoms with Crippen molar-refractivity contribution in [3.8, 4) is 0 Å². The van der Waals surface area contributed by atoms with Gasteiger partial charge in [-0.15, -0.1) is 0 Å². The first kappa shape index (κ1) is 25.1. The molecule has 0 radical (unpaired) electrons. The van der Waals surface area contributed by atoms with Gasteiger partial charge in [-0.3, -0.25) is 9.63 Å². The number of hydroxylamine groups is 2. The molecule has 1 aromatic rings. The van der Waals surface area contributed by atoms with Gasteiger partial charge >= 0.3 is 0 Å². The van der Waals surface area contributed by atoms with Crippen LogP contribution in [0.4, 0.5) is 0 Å². The highest BCUT2D eigenvalue weighted by molar-refractivity contribution is 6.74. The van der Waals surface area contributed by atoms with Gasteiger partial charge < -0.3 is 4.43 Å². The van der Waals surface area contributed by atoms with Gasteiger partial charge in [-0.1, -0.05) is 75.9 Å². The zero-order chi connectivity index (χ0) is 22.2. The number of allylic oxidation sites excluding steroid dienone is 2. The van der Waals surface area contributed by atoms with Crippen molar-refractivity contribution < 1.29 is 14.1 Å². The predicted molar refractivity (Wildman–Crippen MR) is 124 cm³/mol. The van der Waals surface area contributed by atoms with E-state index in [4.69, 9.17) is 9.26 Å². The maximum absolute atomic E-state index is 12.7. The molecule has 0 spiro atoms. The molecule has 0 unspecified atom stereocenters. The van der Waals surface area contributed by atoms with Gasteiger partial charge in [-0.2, -0.15) is 0 Å². The standard InChI is InChI=1S/C24H37NO3Si/c1-10-20(4)16-22(18-27-29(8,9)24(5,6)7)28-25(23(26)19(2)3)17-21-14-12-11-13-15-21/h10-16,22H,1-2,17-18H2,3-9H3/b20-16+/t22-/m1/s1. The molecule has 0 aliphatic heterocycles. The second-order valence-corrected chi connectivity index (χ2v) is 13.7. The van der Waals surface area contributed by atoms with Crippen molar-refractivity contribution in [2.24, 2.45) is 0 Å². The fourth-order valence-electron chi connectivity index (χ4n) is 2.26. The van der Waals surface area contributed by atoms with Gasteiger partial charge in [0.2, 0.25) is 0 Å². The van der Waals surface area contributed by atoms with Crippen molar-refractivity contribution in [2.75, 3.05) is 6.61 Å². The van der Waals surface area contributed by atoms with E-state index in [1.165, 1.54) is 5.06 Å². The van der Waals surface area contributed by atoms with Gasteiger partial charge in [-0.25, -0.2) is 5.06 Å². The van der Waals surface area contributed by atoms with Gasteiger partial charge in [-0.05, 0) is 43.6 Å². The molecule has 0 saturated heterocycles. The first-order chi connectivity index (χ1) is 13.4. The average Bonchev–Trinajstić information content (AvgIpc) is 2.64. The SMILES string of the molecule is C=C/C(C)=C/[C@H](CO[Si](C)(C)C(C)(C)C)ON(Cc1ccccc1)C(=O)C(=C)C. The van der Waals surface area contributed by atoms with Crippen LogP contribution in [-0.2, 0) is 20.6 Å². The van der Waals surface area contributed by atoms with Crippen molar-refractivity contribution in [3.63, 3.8) is 0 Å². The Kier molecular flexibility index (Phi) is 9.27. The van der Waals surface area contributed by atoms with E-state index < -0.39 is 14.4 Å². The molecule has 5 heteroatoms. The Morgan fingerprint density at radius 2 is 1.79 bits per heavy atom. The van der Waals surface area contributed by atoms with Crippen molar-refractivity contribution in [1.29, 1.82) is 0 Å². The molecule has 1 atom stereocenters. The number of carbonyl (C=O) groups is 1. The smallest absolute Gasteiger partial charge is 0.272 e. The summed E-state index contributed by atoms with van der Waals surface area (Å²) in [5.74, 6) is -0.240. The van der Waals surface area contributed by atoms with Crippen LogP contribution in [0.3, 0.4) is 0 Å². The third kappa shape index (κ3) is 8.13. The summed E-state index contributed by atoms with van der Waals surface area (Å²) in [5.41, 5.74) is 2.38. The van der Waals surface area contributed by atoms with Crippen LogP contribution in [0.5, 0.6) is 0 Å². The highest BCUT2D eigenvalue weighted by Gasteiger charge is 2.37. The summed E-state index contributed by atoms with van der Waals surface area (Å²) in [6, 6.07) is 9.76. The van der Waals surface area contributed by atoms with E-state index in [0.717, 1.165) is 11.1 Å². The summed E-state index contributed by atoms with van der Waals surface area (Å²) < 4.78 is 6.37. The lowest BCUT2D eigenvalue weighted by molar-refractivity contribution is -0.202. The van der Waals surface area contributed by atoms with Gasteiger partial charge in [0.1, 0.15) is 6.10 Å². The number of nitrogens with zero attached hydrogens (tertiary/aromatic N) is 1. The average molecular weight is 416 g/mol. The lowest BCUT2D eigenvalue weighted by Gasteiger charge is -2.37. The molecule has 160 valence electrons. The molecular weight excluding hydrogens is 378 g/mol. The van der Waals surface area contributed by atoms with Gasteiger partial charge in [0.25, 0.3) is 5.91 Å². The molecular formula is C24H37NO3Si. The Morgan fingerprint density at radius 1 is 1.21 bits per heavy atom. The Bertz CT molecular complexity index is 732. The molecule has 0 aliphatic carbocycles. The fourth-order valence-corrected chi connectivity index (χ4v) is 3.27. The van der Waals surface area contributed by atoms with Crippen LogP contribution in [0.25, 0.3) is 0 Å². The van der Waals surface area contributed by atoms with E-state index in [1.807, 2.05) is 43.3 Å². The zero-order valence-corrected chi connectivity index (χ0v) is 20.1. The van der Waals surface area contributed by atoms with Crippen LogP contribution in [-0.4, -0.2) is 32.0 Å². The van der Waals surface area contributed by atoms with E-state index in [0.29, 0.717) is 18.7 Å². The van der Waals surface area contributed by atoms with Crippen molar-refractivity contribution in [2.45, 2.75) is 65.4 Å². The lowest BCUT2D eigenvalue weighted by Crippen LogP contribution is -2.44. The molecule has 4 nitrogen and oxygen atoms in total. The van der Waals surface area contributed by atoms with Crippen LogP contribution in [0.15, 0.2) is 66.8 Å². The van der Waals surface area contributed by atoms with Gasteiger partial charge in [0.05, 0.1) is 13.2 Å². The van der Waals surface area contributed by atoms with Gasteiger partial charge in [0.15, 0.2) is 8.32 Å². The number of benzene rings is 1. The van der Waals surface area contributed by atoms with Crippen LogP contribution in [0.1, 0.15) is 40.2 Å². The Balaban J connectivity index is 3.08. The largest absolute Gasteiger partial charge is 0.414 e. The second kappa shape index (κ2) is 10.7. The van der Waals surface area contributed by atoms with Crippen LogP contribution in [0.2, 0.25) is 18.1 Å². The predicted octanol–water partition coefficient (Wildman–Crippen LogP) is 6.05. The summed E-state index contributed by atoms with van der Waals surface area (Å²) in [7, 11) is -1.96. The molecule has 1 aromatic carbocycles. The van der Waals surface area contributed by atoms with Crippen molar-refractivity contribution in [3.05, 3.63) is 72.4 Å². The number of rotatable bonds is 10. The monoisotopic (exact) mass is 415 g/mol. The first-order valence-corrected chi connectivity index (χ1v) is 12.9. The number of amides is 1. The molecule has 0 fully saturated rings. The van der Waals surface area contributed by atoms with E-state index in [2.05, 4.69) is 47.0 Å². The molecule has 0 heterocycles. The Hall–Kier alpha value is -1.95. The molecule has 0 saturated carbocycles. The van der Waals surface area contributed by atoms with E-state index in [9.17, 15) is 4.79 Å². The van der Waals surface area contributed by atoms with Crippen LogP contribution in [0, 0.1) is 0 Å². The molecule has 29 heavy (non-hydrogen) atoms. The Labute approximate surface area is 178 Å². The summed E-state index contributed by atoms with van der Waals surface area (Å²) in [4.78, 5) is 18.9. The topological polar surface area (TPSA) is 38.8 Å². The summed E-state index contributed by atoms with van der Waals surface area (Å²) in [5, 5.41) is 1.47. The Morgan fingerprint density at radius 3 is 2.28 bits per heavy atom. The molecule has 0 bridgehead atoms. The fraction of sp³-hybridized carbons (Fsp3) is 0.458. The molecule has 0 aliphatic rings. The maximum atomic E-state index is 12.7. The quantitative estimate of drug-likeness (QED) is 0.202. The third-order valence-corrected chi connectivity index (χ3v) is 9.71. The van der Waals surface area contributed by atoms with E-state index >= 15 is 0 Å². The minimum Gasteiger partial charge on any atom is -0.414 e. The third-order valence-electron chi connectivity index (χ3n) is 5.21. The van der Waals surface area contributed by atoms with Crippen molar-refractivity contribution in [1.82, 2.24) is 5.06 Å². The minimum absolute atomic E-state index is 0.0893. The highest BCUT2D eigenvalue weighted by Crippen LogP contribution is 2.36. The molecule has 1 rings (SSSR count). The summed E-state index contributed by atoms with van der Waals surface area (Å²) >= 11 is 0. The van der Waals surface area contributed by atoms with Crippen LogP contribution < -0.4 is 0 Å². The summed E-state index contributed by atoms with van der Waals surface area (Å²) in [6.45, 7) is 23.0. The number of carbonyl (C=O) groups excluding carboxylic acids is 1. The van der Waals surface area contributed by atoms with E-state index in [-0.39, 0.29) is 10.9 Å². The lowest BCUT2D eigenvalue weighted by atomic mass is 10.2. The van der Waals surface area contributed by atoms with Crippen molar-refractivity contribution >= 4 is 14.2 Å². The zero-order valence-electron chi connectivity index (χ0n) is 19.1. The maximum Gasteiger partial charge on any atom is 0.272 e.